The molecule has 0 saturated heterocycles. The van der Waals surface area contributed by atoms with E-state index in [9.17, 15) is 4.39 Å². The Labute approximate surface area is 106 Å². The summed E-state index contributed by atoms with van der Waals surface area (Å²) in [6, 6.07) is 4.96. The monoisotopic (exact) mass is 265 g/mol. The number of fused-ring (bicyclic) bond motifs is 1. The molecule has 1 aromatic heterocycles. The van der Waals surface area contributed by atoms with Gasteiger partial charge >= 0.3 is 0 Å². The minimum atomic E-state index is -0.277. The molecule has 1 heterocycles. The Balaban J connectivity index is 0.00000112. The van der Waals surface area contributed by atoms with Gasteiger partial charge in [-0.3, -0.25) is 0 Å². The molecule has 0 aliphatic carbocycles. The minimum absolute atomic E-state index is 0. The average molecular weight is 266 g/mol. The van der Waals surface area contributed by atoms with E-state index < -0.39 is 0 Å². The number of hydrogen-bond donors (Lipinski definition) is 1. The predicted molar refractivity (Wildman–Crippen MR) is 67.9 cm³/mol. The molecule has 2 aromatic rings. The van der Waals surface area contributed by atoms with Gasteiger partial charge in [-0.05, 0) is 18.7 Å². The van der Waals surface area contributed by atoms with Crippen LogP contribution in [0.4, 0.5) is 4.39 Å². The molecule has 0 spiro atoms. The second kappa shape index (κ2) is 6.03. The van der Waals surface area contributed by atoms with Gasteiger partial charge in [0, 0.05) is 13.5 Å². The van der Waals surface area contributed by atoms with Crippen LogP contribution < -0.4 is 5.73 Å². The minimum Gasteiger partial charge on any atom is -0.331 e. The fraction of sp³-hybridized carbons (Fsp3) is 0.300. The number of nitrogens with two attached hydrogens (primary N) is 1. The lowest BCUT2D eigenvalue weighted by molar-refractivity contribution is 0.637. The topological polar surface area (TPSA) is 43.8 Å². The highest BCUT2D eigenvalue weighted by molar-refractivity contribution is 5.85. The maximum atomic E-state index is 13.3. The second-order valence-corrected chi connectivity index (χ2v) is 3.23. The van der Waals surface area contributed by atoms with Crippen molar-refractivity contribution in [3.8, 4) is 0 Å². The van der Waals surface area contributed by atoms with Crippen molar-refractivity contribution in [3.63, 3.8) is 0 Å². The van der Waals surface area contributed by atoms with Crippen LogP contribution in [0.1, 0.15) is 5.82 Å². The van der Waals surface area contributed by atoms with E-state index in [4.69, 9.17) is 5.73 Å². The molecule has 1 aromatic carbocycles. The molecule has 2 N–H and O–H groups in total. The summed E-state index contributed by atoms with van der Waals surface area (Å²) in [6.07, 6.45) is 0.671. The third-order valence-electron chi connectivity index (χ3n) is 2.32. The van der Waals surface area contributed by atoms with E-state index in [1.54, 1.807) is 6.07 Å². The molecule has 0 aliphatic rings. The van der Waals surface area contributed by atoms with E-state index in [1.165, 1.54) is 6.07 Å². The Bertz CT molecular complexity index is 470. The molecular formula is C10H14Cl2FN3. The number of hydrogen-bond acceptors (Lipinski definition) is 2. The maximum absolute atomic E-state index is 13.3. The lowest BCUT2D eigenvalue weighted by atomic mass is 10.3. The summed E-state index contributed by atoms with van der Waals surface area (Å²) in [7, 11) is 1.87. The summed E-state index contributed by atoms with van der Waals surface area (Å²) in [6.45, 7) is 0.527. The Morgan fingerprint density at radius 2 is 2.06 bits per heavy atom. The van der Waals surface area contributed by atoms with Gasteiger partial charge in [0.15, 0.2) is 5.82 Å². The first kappa shape index (κ1) is 15.2. The summed E-state index contributed by atoms with van der Waals surface area (Å²) in [4.78, 5) is 4.21. The van der Waals surface area contributed by atoms with Crippen molar-refractivity contribution in [2.24, 2.45) is 12.8 Å². The van der Waals surface area contributed by atoms with Gasteiger partial charge in [-0.15, -0.1) is 24.8 Å². The van der Waals surface area contributed by atoms with Crippen molar-refractivity contribution in [3.05, 3.63) is 29.8 Å². The molecular weight excluding hydrogens is 252 g/mol. The van der Waals surface area contributed by atoms with E-state index in [-0.39, 0.29) is 30.6 Å². The zero-order valence-electron chi connectivity index (χ0n) is 8.81. The lowest BCUT2D eigenvalue weighted by Crippen LogP contribution is -2.07. The number of aryl methyl sites for hydroxylation is 1. The fourth-order valence-corrected chi connectivity index (χ4v) is 1.58. The summed E-state index contributed by atoms with van der Waals surface area (Å²) < 4.78 is 15.2. The maximum Gasteiger partial charge on any atom is 0.151 e. The molecule has 0 atom stereocenters. The molecule has 90 valence electrons. The van der Waals surface area contributed by atoms with Crippen molar-refractivity contribution < 1.29 is 4.39 Å². The Hall–Kier alpha value is -0.840. The van der Waals surface area contributed by atoms with Crippen LogP contribution in [0.3, 0.4) is 0 Å². The van der Waals surface area contributed by atoms with Crippen molar-refractivity contribution >= 4 is 35.8 Å². The lowest BCUT2D eigenvalue weighted by Gasteiger charge is -1.98. The van der Waals surface area contributed by atoms with Crippen LogP contribution >= 0.6 is 24.8 Å². The van der Waals surface area contributed by atoms with Crippen LogP contribution in [0.15, 0.2) is 18.2 Å². The number of nitrogens with zero attached hydrogens (tertiary/aromatic N) is 2. The zero-order valence-corrected chi connectivity index (χ0v) is 10.4. The van der Waals surface area contributed by atoms with Crippen molar-refractivity contribution in [1.29, 1.82) is 0 Å². The van der Waals surface area contributed by atoms with Gasteiger partial charge in [0.2, 0.25) is 0 Å². The highest BCUT2D eigenvalue weighted by atomic mass is 35.5. The third kappa shape index (κ3) is 2.45. The summed E-state index contributed by atoms with van der Waals surface area (Å²) in [5.41, 5.74) is 6.68. The van der Waals surface area contributed by atoms with E-state index in [0.29, 0.717) is 18.5 Å². The molecule has 3 nitrogen and oxygen atoms in total. The summed E-state index contributed by atoms with van der Waals surface area (Å²) in [5, 5.41) is 0. The van der Waals surface area contributed by atoms with E-state index in [0.717, 1.165) is 11.3 Å². The number of halogens is 3. The van der Waals surface area contributed by atoms with Gasteiger partial charge in [0.1, 0.15) is 11.3 Å². The smallest absolute Gasteiger partial charge is 0.151 e. The van der Waals surface area contributed by atoms with Crippen LogP contribution in [0.2, 0.25) is 0 Å². The van der Waals surface area contributed by atoms with Gasteiger partial charge in [0.25, 0.3) is 0 Å². The molecule has 0 bridgehead atoms. The first-order valence-corrected chi connectivity index (χ1v) is 4.54. The van der Waals surface area contributed by atoms with E-state index in [2.05, 4.69) is 4.98 Å². The third-order valence-corrected chi connectivity index (χ3v) is 2.32. The predicted octanol–water partition coefficient (Wildman–Crippen LogP) is 2.06. The first-order chi connectivity index (χ1) is 6.74. The number of para-hydroxylation sites is 1. The van der Waals surface area contributed by atoms with Gasteiger partial charge in [-0.25, -0.2) is 9.37 Å². The van der Waals surface area contributed by atoms with Gasteiger partial charge in [-0.2, -0.15) is 0 Å². The number of benzene rings is 1. The molecule has 0 aliphatic heterocycles. The number of imidazole rings is 1. The van der Waals surface area contributed by atoms with Gasteiger partial charge in [-0.1, -0.05) is 6.07 Å². The standard InChI is InChI=1S/C10H12FN3.2ClH/c1-14-8-4-2-3-7(11)10(8)13-9(14)5-6-12;;/h2-4H,5-6,12H2,1H3;2*1H. The summed E-state index contributed by atoms with van der Waals surface area (Å²) >= 11 is 0. The molecule has 0 radical (unpaired) electrons. The quantitative estimate of drug-likeness (QED) is 0.904. The molecule has 0 fully saturated rings. The molecule has 0 saturated carbocycles. The Morgan fingerprint density at radius 1 is 1.38 bits per heavy atom. The van der Waals surface area contributed by atoms with Crippen LogP contribution in [0, 0.1) is 5.82 Å². The molecule has 16 heavy (non-hydrogen) atoms. The summed E-state index contributed by atoms with van der Waals surface area (Å²) in [5.74, 6) is 0.550. The largest absolute Gasteiger partial charge is 0.331 e. The van der Waals surface area contributed by atoms with Gasteiger partial charge in [0.05, 0.1) is 5.52 Å². The average Bonchev–Trinajstić information content (AvgIpc) is 2.48. The highest BCUT2D eigenvalue weighted by Gasteiger charge is 2.09. The molecule has 0 unspecified atom stereocenters. The Morgan fingerprint density at radius 3 is 2.62 bits per heavy atom. The van der Waals surface area contributed by atoms with E-state index >= 15 is 0 Å². The first-order valence-electron chi connectivity index (χ1n) is 4.54. The van der Waals surface area contributed by atoms with Crippen molar-refractivity contribution in [2.45, 2.75) is 6.42 Å². The van der Waals surface area contributed by atoms with Crippen LogP contribution in [-0.4, -0.2) is 16.1 Å². The zero-order chi connectivity index (χ0) is 10.1. The normalized spacial score (nSPS) is 9.69. The van der Waals surface area contributed by atoms with E-state index in [1.807, 2.05) is 17.7 Å². The SMILES string of the molecule is Cl.Cl.Cn1c(CCN)nc2c(F)cccc21. The number of rotatable bonds is 2. The van der Waals surface area contributed by atoms with Crippen molar-refractivity contribution in [2.75, 3.05) is 6.54 Å². The van der Waals surface area contributed by atoms with Crippen LogP contribution in [-0.2, 0) is 13.5 Å². The molecule has 6 heteroatoms. The second-order valence-electron chi connectivity index (χ2n) is 3.23. The van der Waals surface area contributed by atoms with Gasteiger partial charge < -0.3 is 10.3 Å². The molecule has 0 amide bonds. The van der Waals surface area contributed by atoms with Crippen LogP contribution in [0.25, 0.3) is 11.0 Å². The van der Waals surface area contributed by atoms with Crippen LogP contribution in [0.5, 0.6) is 0 Å². The Kier molecular flexibility index (Phi) is 5.72. The molecule has 2 rings (SSSR count). The number of aromatic nitrogens is 2. The van der Waals surface area contributed by atoms with Crippen molar-refractivity contribution in [1.82, 2.24) is 9.55 Å². The highest BCUT2D eigenvalue weighted by Crippen LogP contribution is 2.17. The fourth-order valence-electron chi connectivity index (χ4n) is 1.58.